The van der Waals surface area contributed by atoms with Crippen LogP contribution < -0.4 is 10.5 Å². The zero-order valence-electron chi connectivity index (χ0n) is 10.9. The fourth-order valence-corrected chi connectivity index (χ4v) is 1.71. The van der Waals surface area contributed by atoms with E-state index in [2.05, 4.69) is 4.98 Å². The summed E-state index contributed by atoms with van der Waals surface area (Å²) in [5.74, 6) is 0.0229. The largest absolute Gasteiger partial charge is 0.438 e. The number of aliphatic hydroxyl groups excluding tert-OH is 1. The maximum Gasteiger partial charge on any atom is 0.433 e. The molecule has 4 nitrogen and oxygen atoms in total. The summed E-state index contributed by atoms with van der Waals surface area (Å²) in [6.07, 6.45) is -4.57. The quantitative estimate of drug-likeness (QED) is 0.910. The van der Waals surface area contributed by atoms with Gasteiger partial charge in [-0.15, -0.1) is 0 Å². The molecule has 0 amide bonds. The molecule has 0 aliphatic heterocycles. The first-order valence-corrected chi connectivity index (χ1v) is 6.09. The summed E-state index contributed by atoms with van der Waals surface area (Å²) in [4.78, 5) is 3.48. The number of ether oxygens (including phenoxy) is 1. The Morgan fingerprint density at radius 2 is 1.81 bits per heavy atom. The molecule has 0 spiro atoms. The first-order chi connectivity index (χ1) is 9.95. The average Bonchev–Trinajstić information content (AvgIpc) is 2.47. The summed E-state index contributed by atoms with van der Waals surface area (Å²) >= 11 is 0. The molecule has 0 radical (unpaired) electrons. The van der Waals surface area contributed by atoms with E-state index in [1.165, 1.54) is 12.1 Å². The number of pyridine rings is 1. The fourth-order valence-electron chi connectivity index (χ4n) is 1.71. The van der Waals surface area contributed by atoms with Crippen molar-refractivity contribution >= 4 is 0 Å². The van der Waals surface area contributed by atoms with Crippen molar-refractivity contribution in [2.45, 2.75) is 19.3 Å². The Bertz CT molecular complexity index is 630. The summed E-state index contributed by atoms with van der Waals surface area (Å²) < 4.78 is 43.5. The fraction of sp³-hybridized carbons (Fsp3) is 0.214. The molecule has 21 heavy (non-hydrogen) atoms. The van der Waals surface area contributed by atoms with Crippen LogP contribution in [0, 0.1) is 0 Å². The van der Waals surface area contributed by atoms with Crippen LogP contribution >= 0.6 is 0 Å². The maximum atomic E-state index is 12.7. The van der Waals surface area contributed by atoms with Crippen molar-refractivity contribution in [2.75, 3.05) is 0 Å². The van der Waals surface area contributed by atoms with Crippen molar-refractivity contribution in [3.05, 3.63) is 53.2 Å². The molecule has 0 aliphatic carbocycles. The second kappa shape index (κ2) is 6.11. The first kappa shape index (κ1) is 15.3. The van der Waals surface area contributed by atoms with Gasteiger partial charge in [-0.05, 0) is 12.1 Å². The van der Waals surface area contributed by atoms with Crippen LogP contribution in [0.15, 0.2) is 36.4 Å². The van der Waals surface area contributed by atoms with E-state index in [1.54, 1.807) is 18.2 Å². The minimum atomic E-state index is -4.57. The van der Waals surface area contributed by atoms with Gasteiger partial charge in [-0.25, -0.2) is 4.98 Å². The van der Waals surface area contributed by atoms with Gasteiger partial charge in [0.25, 0.3) is 0 Å². The molecule has 3 N–H and O–H groups in total. The second-order valence-electron chi connectivity index (χ2n) is 4.23. The smallest absolute Gasteiger partial charge is 0.433 e. The van der Waals surface area contributed by atoms with Gasteiger partial charge in [0.15, 0.2) is 0 Å². The number of hydrogen-bond acceptors (Lipinski definition) is 4. The molecule has 0 atom stereocenters. The zero-order chi connectivity index (χ0) is 15.5. The first-order valence-electron chi connectivity index (χ1n) is 6.09. The normalized spacial score (nSPS) is 11.5. The number of nitrogens with zero attached hydrogens (tertiary/aromatic N) is 1. The van der Waals surface area contributed by atoms with Crippen molar-refractivity contribution in [2.24, 2.45) is 5.73 Å². The van der Waals surface area contributed by atoms with E-state index in [4.69, 9.17) is 10.5 Å². The van der Waals surface area contributed by atoms with Gasteiger partial charge in [0.05, 0.1) is 6.61 Å². The molecule has 2 aromatic rings. The topological polar surface area (TPSA) is 68.4 Å². The van der Waals surface area contributed by atoms with Gasteiger partial charge in [0, 0.05) is 17.7 Å². The van der Waals surface area contributed by atoms with Crippen LogP contribution in [0.5, 0.6) is 11.6 Å². The van der Waals surface area contributed by atoms with Gasteiger partial charge in [-0.2, -0.15) is 13.2 Å². The molecule has 0 aliphatic rings. The van der Waals surface area contributed by atoms with E-state index >= 15 is 0 Å². The zero-order valence-corrected chi connectivity index (χ0v) is 10.9. The van der Waals surface area contributed by atoms with E-state index in [0.29, 0.717) is 11.1 Å². The molecule has 112 valence electrons. The van der Waals surface area contributed by atoms with E-state index < -0.39 is 11.9 Å². The number of hydrogen-bond donors (Lipinski definition) is 2. The Labute approximate surface area is 119 Å². The van der Waals surface area contributed by atoms with Gasteiger partial charge in [0.2, 0.25) is 5.88 Å². The van der Waals surface area contributed by atoms with Crippen molar-refractivity contribution in [1.29, 1.82) is 0 Å². The van der Waals surface area contributed by atoms with E-state index in [9.17, 15) is 18.3 Å². The lowest BCUT2D eigenvalue weighted by molar-refractivity contribution is -0.141. The van der Waals surface area contributed by atoms with Crippen LogP contribution in [0.1, 0.15) is 16.8 Å². The number of aliphatic hydroxyl groups is 1. The molecule has 0 bridgehead atoms. The predicted molar refractivity (Wildman–Crippen MR) is 69.6 cm³/mol. The van der Waals surface area contributed by atoms with Gasteiger partial charge in [0.1, 0.15) is 11.4 Å². The molecule has 0 fully saturated rings. The molecule has 1 heterocycles. The molecule has 1 aromatic carbocycles. The van der Waals surface area contributed by atoms with Crippen molar-refractivity contribution in [1.82, 2.24) is 4.98 Å². The Morgan fingerprint density at radius 1 is 1.10 bits per heavy atom. The van der Waals surface area contributed by atoms with Crippen molar-refractivity contribution in [3.8, 4) is 11.6 Å². The lowest BCUT2D eigenvalue weighted by Gasteiger charge is -2.14. The SMILES string of the molecule is NCc1ccc(C(F)(F)F)nc1Oc1ccccc1CO. The Kier molecular flexibility index (Phi) is 4.44. The average molecular weight is 298 g/mol. The highest BCUT2D eigenvalue weighted by atomic mass is 19.4. The van der Waals surface area contributed by atoms with Gasteiger partial charge in [-0.3, -0.25) is 0 Å². The molecule has 7 heteroatoms. The van der Waals surface area contributed by atoms with Crippen LogP contribution in [0.25, 0.3) is 0 Å². The summed E-state index contributed by atoms with van der Waals surface area (Å²) in [6, 6.07) is 8.55. The molecule has 2 rings (SSSR count). The number of halogens is 3. The number of nitrogens with two attached hydrogens (primary N) is 1. The van der Waals surface area contributed by atoms with Gasteiger partial charge < -0.3 is 15.6 Å². The molecule has 1 aromatic heterocycles. The number of para-hydroxylation sites is 1. The monoisotopic (exact) mass is 298 g/mol. The summed E-state index contributed by atoms with van der Waals surface area (Å²) in [7, 11) is 0. The lowest BCUT2D eigenvalue weighted by atomic mass is 10.2. The standard InChI is InChI=1S/C14H13F3N2O2/c15-14(16,17)12-6-5-9(7-18)13(19-12)21-11-4-2-1-3-10(11)8-20/h1-6,20H,7-8,18H2. The predicted octanol–water partition coefficient (Wildman–Crippen LogP) is 2.84. The third-order valence-electron chi connectivity index (χ3n) is 2.80. The van der Waals surface area contributed by atoms with E-state index in [1.807, 2.05) is 0 Å². The Balaban J connectivity index is 2.42. The molecular formula is C14H13F3N2O2. The summed E-state index contributed by atoms with van der Waals surface area (Å²) in [5.41, 5.74) is 5.21. The van der Waals surface area contributed by atoms with Crippen LogP contribution in [-0.2, 0) is 19.3 Å². The number of aromatic nitrogens is 1. The summed E-state index contributed by atoms with van der Waals surface area (Å²) in [6.45, 7) is -0.311. The lowest BCUT2D eigenvalue weighted by Crippen LogP contribution is -2.11. The molecular weight excluding hydrogens is 285 g/mol. The van der Waals surface area contributed by atoms with E-state index in [0.717, 1.165) is 6.07 Å². The highest BCUT2D eigenvalue weighted by Crippen LogP contribution is 2.32. The van der Waals surface area contributed by atoms with Gasteiger partial charge >= 0.3 is 6.18 Å². The summed E-state index contributed by atoms with van der Waals surface area (Å²) in [5, 5.41) is 9.20. The Hall–Kier alpha value is -2.12. The van der Waals surface area contributed by atoms with Crippen molar-refractivity contribution in [3.63, 3.8) is 0 Å². The number of benzene rings is 1. The minimum Gasteiger partial charge on any atom is -0.438 e. The van der Waals surface area contributed by atoms with Gasteiger partial charge in [-0.1, -0.05) is 24.3 Å². The third-order valence-corrected chi connectivity index (χ3v) is 2.80. The highest BCUT2D eigenvalue weighted by molar-refractivity contribution is 5.38. The van der Waals surface area contributed by atoms with Crippen molar-refractivity contribution < 1.29 is 23.0 Å². The molecule has 0 saturated carbocycles. The second-order valence-corrected chi connectivity index (χ2v) is 4.23. The number of alkyl halides is 3. The minimum absolute atomic E-state index is 0.0121. The molecule has 0 saturated heterocycles. The highest BCUT2D eigenvalue weighted by Gasteiger charge is 2.33. The maximum absolute atomic E-state index is 12.7. The molecule has 0 unspecified atom stereocenters. The van der Waals surface area contributed by atoms with E-state index in [-0.39, 0.29) is 24.8 Å². The van der Waals surface area contributed by atoms with Crippen LogP contribution in [0.3, 0.4) is 0 Å². The Morgan fingerprint density at radius 3 is 2.43 bits per heavy atom. The third kappa shape index (κ3) is 3.50. The van der Waals surface area contributed by atoms with Crippen LogP contribution in [0.2, 0.25) is 0 Å². The number of rotatable bonds is 4. The van der Waals surface area contributed by atoms with Crippen LogP contribution in [0.4, 0.5) is 13.2 Å². The van der Waals surface area contributed by atoms with Crippen LogP contribution in [-0.4, -0.2) is 10.1 Å².